The Morgan fingerprint density at radius 1 is 1.27 bits per heavy atom. The van der Waals surface area contributed by atoms with Gasteiger partial charge in [-0.25, -0.2) is 4.98 Å². The van der Waals surface area contributed by atoms with Crippen LogP contribution in [0.15, 0.2) is 4.99 Å². The van der Waals surface area contributed by atoms with Gasteiger partial charge in [-0.2, -0.15) is 0 Å². The minimum Gasteiger partial charge on any atom is -0.354 e. The summed E-state index contributed by atoms with van der Waals surface area (Å²) < 4.78 is 0. The second-order valence-corrected chi connectivity index (χ2v) is 6.86. The summed E-state index contributed by atoms with van der Waals surface area (Å²) in [7, 11) is 1.82. The molecule has 0 fully saturated rings. The number of aryl methyl sites for hydroxylation is 2. The molecular weight excluding hydrogens is 407 g/mol. The maximum atomic E-state index is 4.54. The fraction of sp³-hybridized carbons (Fsp3) is 0.750. The van der Waals surface area contributed by atoms with Gasteiger partial charge in [-0.3, -0.25) is 4.99 Å². The SMILES string of the molecule is CCCCCCC(C)NC(=NC)NCc1nc(C)c(C)s1.I. The lowest BCUT2D eigenvalue weighted by Crippen LogP contribution is -2.41. The Morgan fingerprint density at radius 3 is 2.55 bits per heavy atom. The Balaban J connectivity index is 0.00000441. The lowest BCUT2D eigenvalue weighted by atomic mass is 10.1. The third-order valence-corrected chi connectivity index (χ3v) is 4.65. The monoisotopic (exact) mass is 438 g/mol. The average molecular weight is 438 g/mol. The molecule has 0 aliphatic carbocycles. The number of thiazole rings is 1. The van der Waals surface area contributed by atoms with E-state index in [1.165, 1.54) is 37.0 Å². The quantitative estimate of drug-likeness (QED) is 0.274. The summed E-state index contributed by atoms with van der Waals surface area (Å²) in [5.41, 5.74) is 1.13. The Kier molecular flexibility index (Phi) is 11.9. The number of hydrogen-bond acceptors (Lipinski definition) is 3. The molecule has 22 heavy (non-hydrogen) atoms. The van der Waals surface area contributed by atoms with E-state index in [0.717, 1.165) is 23.2 Å². The minimum atomic E-state index is 0. The molecular formula is C16H31IN4S. The first-order valence-electron chi connectivity index (χ1n) is 7.96. The van der Waals surface area contributed by atoms with Crippen molar-refractivity contribution in [2.45, 2.75) is 72.4 Å². The molecule has 0 saturated carbocycles. The Hall–Kier alpha value is -0.370. The third-order valence-electron chi connectivity index (χ3n) is 3.58. The molecule has 0 aliphatic rings. The lowest BCUT2D eigenvalue weighted by Gasteiger charge is -2.17. The van der Waals surface area contributed by atoms with E-state index in [9.17, 15) is 0 Å². The summed E-state index contributed by atoms with van der Waals surface area (Å²) in [6, 6.07) is 0.452. The van der Waals surface area contributed by atoms with Gasteiger partial charge in [0.05, 0.1) is 12.2 Å². The highest BCUT2D eigenvalue weighted by Crippen LogP contribution is 2.15. The van der Waals surface area contributed by atoms with Crippen molar-refractivity contribution in [1.29, 1.82) is 0 Å². The standard InChI is InChI=1S/C16H30N4S.HI/c1-6-7-8-9-10-12(2)19-16(17-5)18-11-15-20-13(3)14(4)21-15;/h12H,6-11H2,1-5H3,(H2,17,18,19);1H. The number of halogens is 1. The second-order valence-electron chi connectivity index (χ2n) is 5.57. The van der Waals surface area contributed by atoms with Crippen LogP contribution in [0.5, 0.6) is 0 Å². The number of nitrogens with zero attached hydrogens (tertiary/aromatic N) is 2. The molecule has 0 amide bonds. The van der Waals surface area contributed by atoms with Gasteiger partial charge >= 0.3 is 0 Å². The zero-order valence-corrected chi connectivity index (χ0v) is 17.7. The minimum absolute atomic E-state index is 0. The van der Waals surface area contributed by atoms with Crippen LogP contribution < -0.4 is 10.6 Å². The lowest BCUT2D eigenvalue weighted by molar-refractivity contribution is 0.537. The summed E-state index contributed by atoms with van der Waals surface area (Å²) in [5, 5.41) is 7.91. The molecule has 1 heterocycles. The number of rotatable bonds is 8. The van der Waals surface area contributed by atoms with Crippen LogP contribution in [-0.4, -0.2) is 24.0 Å². The molecule has 2 N–H and O–H groups in total. The van der Waals surface area contributed by atoms with Crippen LogP contribution in [0.3, 0.4) is 0 Å². The van der Waals surface area contributed by atoms with Crippen molar-refractivity contribution in [3.63, 3.8) is 0 Å². The molecule has 1 aromatic heterocycles. The van der Waals surface area contributed by atoms with Crippen LogP contribution in [-0.2, 0) is 6.54 Å². The molecule has 1 atom stereocenters. The fourth-order valence-electron chi connectivity index (χ4n) is 2.15. The van der Waals surface area contributed by atoms with E-state index >= 15 is 0 Å². The van der Waals surface area contributed by atoms with Crippen LogP contribution >= 0.6 is 35.3 Å². The highest BCUT2D eigenvalue weighted by molar-refractivity contribution is 14.0. The molecule has 0 saturated heterocycles. The van der Waals surface area contributed by atoms with Crippen molar-refractivity contribution in [1.82, 2.24) is 15.6 Å². The van der Waals surface area contributed by atoms with Gasteiger partial charge in [-0.05, 0) is 27.2 Å². The van der Waals surface area contributed by atoms with Gasteiger partial charge in [-0.15, -0.1) is 35.3 Å². The predicted octanol–water partition coefficient (Wildman–Crippen LogP) is 4.40. The van der Waals surface area contributed by atoms with Crippen molar-refractivity contribution >= 4 is 41.3 Å². The summed E-state index contributed by atoms with van der Waals surface area (Å²) in [5.74, 6) is 0.864. The van der Waals surface area contributed by atoms with Crippen molar-refractivity contribution in [2.24, 2.45) is 4.99 Å². The van der Waals surface area contributed by atoms with Crippen LogP contribution in [0.1, 0.15) is 61.5 Å². The van der Waals surface area contributed by atoms with Gasteiger partial charge < -0.3 is 10.6 Å². The molecule has 0 aromatic carbocycles. The Morgan fingerprint density at radius 2 is 2.00 bits per heavy atom. The molecule has 1 unspecified atom stereocenters. The van der Waals surface area contributed by atoms with Crippen LogP contribution in [0.25, 0.3) is 0 Å². The van der Waals surface area contributed by atoms with E-state index in [0.29, 0.717) is 6.04 Å². The van der Waals surface area contributed by atoms with Crippen molar-refractivity contribution in [3.05, 3.63) is 15.6 Å². The molecule has 128 valence electrons. The van der Waals surface area contributed by atoms with Gasteiger partial charge in [0.25, 0.3) is 0 Å². The van der Waals surface area contributed by atoms with Crippen molar-refractivity contribution in [3.8, 4) is 0 Å². The van der Waals surface area contributed by atoms with Gasteiger partial charge in [0, 0.05) is 18.0 Å². The van der Waals surface area contributed by atoms with E-state index < -0.39 is 0 Å². The van der Waals surface area contributed by atoms with E-state index in [-0.39, 0.29) is 24.0 Å². The molecule has 1 aromatic rings. The van der Waals surface area contributed by atoms with Gasteiger partial charge in [-0.1, -0.05) is 32.6 Å². The number of nitrogens with one attached hydrogen (secondary N) is 2. The highest BCUT2D eigenvalue weighted by atomic mass is 127. The maximum Gasteiger partial charge on any atom is 0.191 e. The smallest absolute Gasteiger partial charge is 0.191 e. The molecule has 4 nitrogen and oxygen atoms in total. The van der Waals surface area contributed by atoms with E-state index in [1.807, 2.05) is 7.05 Å². The van der Waals surface area contributed by atoms with E-state index in [4.69, 9.17) is 0 Å². The molecule has 0 radical (unpaired) electrons. The van der Waals surface area contributed by atoms with Gasteiger partial charge in [0.1, 0.15) is 5.01 Å². The Bertz CT molecular complexity index is 426. The zero-order chi connectivity index (χ0) is 15.7. The third kappa shape index (κ3) is 8.31. The first-order valence-corrected chi connectivity index (χ1v) is 8.78. The van der Waals surface area contributed by atoms with Crippen molar-refractivity contribution < 1.29 is 0 Å². The molecule has 0 spiro atoms. The zero-order valence-electron chi connectivity index (χ0n) is 14.5. The van der Waals surface area contributed by atoms with Crippen LogP contribution in [0, 0.1) is 13.8 Å². The number of hydrogen-bond donors (Lipinski definition) is 2. The summed E-state index contributed by atoms with van der Waals surface area (Å²) >= 11 is 1.75. The first kappa shape index (κ1) is 21.6. The molecule has 6 heteroatoms. The predicted molar refractivity (Wildman–Crippen MR) is 109 cm³/mol. The second kappa shape index (κ2) is 12.1. The normalized spacial score (nSPS) is 12.7. The van der Waals surface area contributed by atoms with Gasteiger partial charge in [0.15, 0.2) is 5.96 Å². The summed E-state index contributed by atoms with van der Waals surface area (Å²) in [6.07, 6.45) is 6.42. The number of guanidine groups is 1. The van der Waals surface area contributed by atoms with Crippen LogP contribution in [0.4, 0.5) is 0 Å². The molecule has 0 bridgehead atoms. The van der Waals surface area contributed by atoms with Crippen LogP contribution in [0.2, 0.25) is 0 Å². The van der Waals surface area contributed by atoms with E-state index in [2.05, 4.69) is 48.3 Å². The Labute approximate surface area is 156 Å². The van der Waals surface area contributed by atoms with Gasteiger partial charge in [0.2, 0.25) is 0 Å². The number of aromatic nitrogens is 1. The topological polar surface area (TPSA) is 49.3 Å². The fourth-order valence-corrected chi connectivity index (χ4v) is 3.03. The molecule has 0 aliphatic heterocycles. The number of aliphatic imine (C=N–C) groups is 1. The number of unbranched alkanes of at least 4 members (excludes halogenated alkanes) is 3. The first-order chi connectivity index (χ1) is 10.1. The summed E-state index contributed by atoms with van der Waals surface area (Å²) in [4.78, 5) is 10.1. The van der Waals surface area contributed by atoms with E-state index in [1.54, 1.807) is 11.3 Å². The molecule has 1 rings (SSSR count). The largest absolute Gasteiger partial charge is 0.354 e. The average Bonchev–Trinajstić information content (AvgIpc) is 2.78. The highest BCUT2D eigenvalue weighted by Gasteiger charge is 2.07. The maximum absolute atomic E-state index is 4.54. The van der Waals surface area contributed by atoms with Crippen molar-refractivity contribution in [2.75, 3.05) is 7.05 Å². The summed E-state index contributed by atoms with van der Waals surface area (Å²) in [6.45, 7) is 9.37.